The first-order chi connectivity index (χ1) is 5.20. The van der Waals surface area contributed by atoms with Crippen LogP contribution in [-0.4, -0.2) is 29.2 Å². The van der Waals surface area contributed by atoms with Gasteiger partial charge in [0.15, 0.2) is 0 Å². The van der Waals surface area contributed by atoms with E-state index in [4.69, 9.17) is 0 Å². The molecule has 0 saturated heterocycles. The summed E-state index contributed by atoms with van der Waals surface area (Å²) in [5, 5.41) is 9.34. The minimum Gasteiger partial charge on any atom is -0.387 e. The molecule has 1 heterocycles. The maximum Gasteiger partial charge on any atom is 0.0895 e. The second-order valence-corrected chi connectivity index (χ2v) is 2.97. The molecule has 1 aliphatic rings. The van der Waals surface area contributed by atoms with E-state index in [0.717, 1.165) is 18.7 Å². The highest BCUT2D eigenvalue weighted by Crippen LogP contribution is 2.08. The minimum atomic E-state index is -0.325. The lowest BCUT2D eigenvalue weighted by atomic mass is 10.3. The Morgan fingerprint density at radius 1 is 1.73 bits per heavy atom. The molecule has 1 atom stereocenters. The highest BCUT2D eigenvalue weighted by Gasteiger charge is 2.10. The molecule has 0 aromatic rings. The molecule has 0 spiro atoms. The zero-order chi connectivity index (χ0) is 8.27. The molecule has 1 N–H and O–H groups in total. The van der Waals surface area contributed by atoms with Crippen LogP contribution in [0.25, 0.3) is 0 Å². The molecule has 11 heavy (non-hydrogen) atoms. The Labute approximate surface area is 67.8 Å². The third-order valence-electron chi connectivity index (χ3n) is 1.87. The smallest absolute Gasteiger partial charge is 0.0895 e. The van der Waals surface area contributed by atoms with Gasteiger partial charge in [0, 0.05) is 18.8 Å². The predicted octanol–water partition coefficient (Wildman–Crippen LogP) is 1.14. The van der Waals surface area contributed by atoms with Crippen molar-refractivity contribution in [3.05, 3.63) is 24.4 Å². The number of aliphatic hydroxyl groups is 1. The van der Waals surface area contributed by atoms with E-state index in [2.05, 4.69) is 11.5 Å². The summed E-state index contributed by atoms with van der Waals surface area (Å²) in [5.74, 6) is 0. The van der Waals surface area contributed by atoms with Gasteiger partial charge in [-0.15, -0.1) is 0 Å². The van der Waals surface area contributed by atoms with E-state index < -0.39 is 0 Å². The van der Waals surface area contributed by atoms with E-state index in [0.29, 0.717) is 6.54 Å². The van der Waals surface area contributed by atoms with E-state index in [1.165, 1.54) is 0 Å². The summed E-state index contributed by atoms with van der Waals surface area (Å²) in [7, 11) is 0. The van der Waals surface area contributed by atoms with Gasteiger partial charge < -0.3 is 10.0 Å². The van der Waals surface area contributed by atoms with Gasteiger partial charge in [0.1, 0.15) is 0 Å². The summed E-state index contributed by atoms with van der Waals surface area (Å²) >= 11 is 0. The molecule has 62 valence electrons. The second-order valence-electron chi connectivity index (χ2n) is 2.97. The van der Waals surface area contributed by atoms with Crippen molar-refractivity contribution < 1.29 is 5.11 Å². The first kappa shape index (κ1) is 8.34. The molecule has 2 nitrogen and oxygen atoms in total. The Hall–Kier alpha value is -0.760. The Bertz CT molecular complexity index is 174. The van der Waals surface area contributed by atoms with Crippen LogP contribution in [-0.2, 0) is 0 Å². The fraction of sp³-hybridized carbons (Fsp3) is 0.556. The standard InChI is InChI=1S/C9H15NO/c1-8(2)10-6-4-3-5-9(11)7-10/h3,5,9,11H,1,4,6-7H2,2H3. The van der Waals surface area contributed by atoms with Gasteiger partial charge in [-0.3, -0.25) is 0 Å². The molecule has 0 radical (unpaired) electrons. The Kier molecular flexibility index (Phi) is 2.71. The van der Waals surface area contributed by atoms with E-state index in [1.807, 2.05) is 19.1 Å². The molecule has 0 fully saturated rings. The van der Waals surface area contributed by atoms with Gasteiger partial charge in [-0.05, 0) is 13.3 Å². The predicted molar refractivity (Wildman–Crippen MR) is 46.2 cm³/mol. The topological polar surface area (TPSA) is 23.5 Å². The van der Waals surface area contributed by atoms with Gasteiger partial charge in [0.2, 0.25) is 0 Å². The maximum absolute atomic E-state index is 9.34. The lowest BCUT2D eigenvalue weighted by Crippen LogP contribution is -2.28. The molecule has 0 aliphatic carbocycles. The molecule has 1 aliphatic heterocycles. The van der Waals surface area contributed by atoms with E-state index in [9.17, 15) is 5.11 Å². The van der Waals surface area contributed by atoms with Crippen LogP contribution in [0.3, 0.4) is 0 Å². The highest BCUT2D eigenvalue weighted by atomic mass is 16.3. The van der Waals surface area contributed by atoms with Crippen molar-refractivity contribution in [1.29, 1.82) is 0 Å². The van der Waals surface area contributed by atoms with Crippen LogP contribution >= 0.6 is 0 Å². The lowest BCUT2D eigenvalue weighted by molar-refractivity contribution is 0.174. The maximum atomic E-state index is 9.34. The van der Waals surface area contributed by atoms with Crippen molar-refractivity contribution in [2.45, 2.75) is 19.4 Å². The summed E-state index contributed by atoms with van der Waals surface area (Å²) in [6.45, 7) is 7.47. The monoisotopic (exact) mass is 153 g/mol. The van der Waals surface area contributed by atoms with Crippen LogP contribution in [0.4, 0.5) is 0 Å². The molecule has 1 unspecified atom stereocenters. The van der Waals surface area contributed by atoms with Gasteiger partial charge in [-0.25, -0.2) is 0 Å². The zero-order valence-corrected chi connectivity index (χ0v) is 6.95. The number of rotatable bonds is 1. The van der Waals surface area contributed by atoms with Gasteiger partial charge in [-0.1, -0.05) is 18.7 Å². The summed E-state index contributed by atoms with van der Waals surface area (Å²) < 4.78 is 0. The minimum absolute atomic E-state index is 0.325. The number of hydrogen-bond acceptors (Lipinski definition) is 2. The third kappa shape index (κ3) is 2.39. The molecule has 0 saturated carbocycles. The second kappa shape index (κ2) is 3.58. The van der Waals surface area contributed by atoms with E-state index >= 15 is 0 Å². The number of allylic oxidation sites excluding steroid dienone is 1. The van der Waals surface area contributed by atoms with Crippen molar-refractivity contribution in [2.24, 2.45) is 0 Å². The summed E-state index contributed by atoms with van der Waals surface area (Å²) in [5.41, 5.74) is 1.03. The van der Waals surface area contributed by atoms with Crippen LogP contribution in [0.15, 0.2) is 24.4 Å². The quantitative estimate of drug-likeness (QED) is 0.571. The van der Waals surface area contributed by atoms with E-state index in [1.54, 1.807) is 0 Å². The largest absolute Gasteiger partial charge is 0.387 e. The fourth-order valence-electron chi connectivity index (χ4n) is 1.21. The van der Waals surface area contributed by atoms with Crippen molar-refractivity contribution in [3.63, 3.8) is 0 Å². The Balaban J connectivity index is 2.52. The van der Waals surface area contributed by atoms with Gasteiger partial charge >= 0.3 is 0 Å². The zero-order valence-electron chi connectivity index (χ0n) is 6.95. The number of nitrogens with zero attached hydrogens (tertiary/aromatic N) is 1. The SMILES string of the molecule is C=C(C)N1CCC=CC(O)C1. The first-order valence-electron chi connectivity index (χ1n) is 3.95. The first-order valence-corrected chi connectivity index (χ1v) is 3.95. The summed E-state index contributed by atoms with van der Waals surface area (Å²) in [6, 6.07) is 0. The molecule has 1 rings (SSSR count). The number of β-amino-alcohol motifs (C(OH)–C–C–N with tert-alkyl or cyclic N) is 1. The van der Waals surface area contributed by atoms with Crippen LogP contribution < -0.4 is 0 Å². The number of hydrogen-bond donors (Lipinski definition) is 1. The molecular weight excluding hydrogens is 138 g/mol. The van der Waals surface area contributed by atoms with Crippen molar-refractivity contribution in [3.8, 4) is 0 Å². The van der Waals surface area contributed by atoms with Crippen molar-refractivity contribution in [1.82, 2.24) is 4.90 Å². The van der Waals surface area contributed by atoms with E-state index in [-0.39, 0.29) is 6.10 Å². The summed E-state index contributed by atoms with van der Waals surface area (Å²) in [4.78, 5) is 2.10. The Morgan fingerprint density at radius 3 is 3.09 bits per heavy atom. The molecule has 2 heteroatoms. The van der Waals surface area contributed by atoms with Gasteiger partial charge in [-0.2, -0.15) is 0 Å². The van der Waals surface area contributed by atoms with Gasteiger partial charge in [0.05, 0.1) is 6.10 Å². The van der Waals surface area contributed by atoms with Crippen molar-refractivity contribution in [2.75, 3.05) is 13.1 Å². The molecule has 0 bridgehead atoms. The fourth-order valence-corrected chi connectivity index (χ4v) is 1.21. The number of aliphatic hydroxyl groups excluding tert-OH is 1. The molecule has 0 aromatic carbocycles. The average Bonchev–Trinajstić information content (AvgIpc) is 2.13. The average molecular weight is 153 g/mol. The summed E-state index contributed by atoms with van der Waals surface area (Å²) in [6.07, 6.45) is 4.55. The third-order valence-corrected chi connectivity index (χ3v) is 1.87. The van der Waals surface area contributed by atoms with Crippen LogP contribution in [0.1, 0.15) is 13.3 Å². The Morgan fingerprint density at radius 2 is 2.45 bits per heavy atom. The van der Waals surface area contributed by atoms with Crippen LogP contribution in [0, 0.1) is 0 Å². The normalized spacial score (nSPS) is 24.9. The van der Waals surface area contributed by atoms with Gasteiger partial charge in [0.25, 0.3) is 0 Å². The highest BCUT2D eigenvalue weighted by molar-refractivity contribution is 4.99. The molecule has 0 aromatic heterocycles. The van der Waals surface area contributed by atoms with Crippen LogP contribution in [0.5, 0.6) is 0 Å². The lowest BCUT2D eigenvalue weighted by Gasteiger charge is -2.23. The van der Waals surface area contributed by atoms with Crippen molar-refractivity contribution >= 4 is 0 Å². The van der Waals surface area contributed by atoms with Crippen LogP contribution in [0.2, 0.25) is 0 Å². The molecule has 0 amide bonds. The molecular formula is C9H15NO.